The summed E-state index contributed by atoms with van der Waals surface area (Å²) in [5, 5.41) is 8.16. The van der Waals surface area contributed by atoms with E-state index in [9.17, 15) is 8.42 Å². The molecule has 0 aliphatic carbocycles. The summed E-state index contributed by atoms with van der Waals surface area (Å²) in [7, 11) is -3.73. The lowest BCUT2D eigenvalue weighted by atomic mass is 10.1. The molecule has 0 fully saturated rings. The van der Waals surface area contributed by atoms with Crippen molar-refractivity contribution in [3.05, 3.63) is 60.8 Å². The molecule has 0 aliphatic rings. The first kappa shape index (κ1) is 21.7. The van der Waals surface area contributed by atoms with Crippen molar-refractivity contribution in [2.24, 2.45) is 16.8 Å². The summed E-state index contributed by atoms with van der Waals surface area (Å²) in [5.41, 5.74) is 8.30. The van der Waals surface area contributed by atoms with Gasteiger partial charge in [-0.1, -0.05) is 13.8 Å². The molecule has 0 radical (unpaired) electrons. The molecule has 0 bridgehead atoms. The predicted octanol–water partition coefficient (Wildman–Crippen LogP) is 2.90. The second kappa shape index (κ2) is 9.21. The Morgan fingerprint density at radius 1 is 1.03 bits per heavy atom. The van der Waals surface area contributed by atoms with E-state index in [1.807, 2.05) is 24.3 Å². The van der Waals surface area contributed by atoms with Crippen LogP contribution < -0.4 is 20.9 Å². The maximum absolute atomic E-state index is 11.3. The van der Waals surface area contributed by atoms with Gasteiger partial charge in [0.1, 0.15) is 12.4 Å². The first-order valence-corrected chi connectivity index (χ1v) is 11.0. The second-order valence-corrected chi connectivity index (χ2v) is 8.76. The highest BCUT2D eigenvalue weighted by molar-refractivity contribution is 7.89. The molecule has 1 aromatic heterocycles. The number of aromatic nitrogens is 2. The van der Waals surface area contributed by atoms with Crippen LogP contribution in [0.3, 0.4) is 0 Å². The van der Waals surface area contributed by atoms with Gasteiger partial charge in [0.25, 0.3) is 0 Å². The van der Waals surface area contributed by atoms with Gasteiger partial charge in [-0.25, -0.2) is 23.5 Å². The molecule has 0 saturated carbocycles. The van der Waals surface area contributed by atoms with Crippen LogP contribution >= 0.6 is 0 Å². The Morgan fingerprint density at radius 3 is 2.30 bits per heavy atom. The van der Waals surface area contributed by atoms with Gasteiger partial charge in [-0.2, -0.15) is 0 Å². The van der Waals surface area contributed by atoms with Crippen molar-refractivity contribution in [3.63, 3.8) is 0 Å². The first-order valence-electron chi connectivity index (χ1n) is 9.44. The van der Waals surface area contributed by atoms with Crippen LogP contribution in [-0.2, 0) is 10.0 Å². The number of hydrogen-bond donors (Lipinski definition) is 3. The summed E-state index contributed by atoms with van der Waals surface area (Å²) >= 11 is 0. The van der Waals surface area contributed by atoms with E-state index >= 15 is 0 Å². The number of hydrogen-bond acceptors (Lipinski definition) is 7. The van der Waals surface area contributed by atoms with Crippen LogP contribution in [0.5, 0.6) is 5.75 Å². The van der Waals surface area contributed by atoms with E-state index in [0.29, 0.717) is 24.2 Å². The normalized spacial score (nSPS) is 12.6. The van der Waals surface area contributed by atoms with E-state index in [1.165, 1.54) is 12.1 Å². The molecule has 8 nitrogen and oxygen atoms in total. The zero-order chi connectivity index (χ0) is 21.7. The van der Waals surface area contributed by atoms with Gasteiger partial charge < -0.3 is 15.8 Å². The highest BCUT2D eigenvalue weighted by Crippen LogP contribution is 2.23. The van der Waals surface area contributed by atoms with Crippen LogP contribution in [0.15, 0.2) is 65.7 Å². The largest absolute Gasteiger partial charge is 0.492 e. The van der Waals surface area contributed by atoms with Gasteiger partial charge in [0.2, 0.25) is 16.0 Å². The molecular formula is C21H25N5O3S. The van der Waals surface area contributed by atoms with Crippen LogP contribution in [0, 0.1) is 5.92 Å². The molecule has 0 aliphatic heterocycles. The number of anilines is 2. The SMILES string of the molecule is CC(C)[C@@H](N)COc1ccc(-c2ccnc(Nc3ccc(S(N)(=O)=O)cc3)n2)cc1. The number of benzene rings is 2. The maximum atomic E-state index is 11.3. The third-order valence-corrected chi connectivity index (χ3v) is 5.47. The van der Waals surface area contributed by atoms with Crippen LogP contribution in [0.2, 0.25) is 0 Å². The molecule has 0 saturated heterocycles. The molecule has 3 rings (SSSR count). The molecule has 0 amide bonds. The maximum Gasteiger partial charge on any atom is 0.238 e. The molecule has 1 heterocycles. The summed E-state index contributed by atoms with van der Waals surface area (Å²) in [4.78, 5) is 8.76. The minimum atomic E-state index is -3.73. The van der Waals surface area contributed by atoms with Crippen LogP contribution in [0.4, 0.5) is 11.6 Å². The molecule has 158 valence electrons. The van der Waals surface area contributed by atoms with Crippen LogP contribution in [-0.4, -0.2) is 31.0 Å². The Morgan fingerprint density at radius 2 is 1.70 bits per heavy atom. The van der Waals surface area contributed by atoms with E-state index < -0.39 is 10.0 Å². The van der Waals surface area contributed by atoms with Gasteiger partial charge in [0.05, 0.1) is 10.6 Å². The average Bonchev–Trinajstić information content (AvgIpc) is 2.72. The standard InChI is InChI=1S/C21H25N5O3S/c1-14(2)19(22)13-29-17-7-3-15(4-8-17)20-11-12-24-21(26-20)25-16-5-9-18(10-6-16)30(23,27)28/h3-12,14,19H,13,22H2,1-2H3,(H2,23,27,28)(H,24,25,26)/t19-/m0/s1. The van der Waals surface area contributed by atoms with Gasteiger partial charge in [0, 0.05) is 23.5 Å². The number of nitrogens with zero attached hydrogens (tertiary/aromatic N) is 2. The number of rotatable bonds is 8. The van der Waals surface area contributed by atoms with Gasteiger partial charge in [0.15, 0.2) is 0 Å². The lowest BCUT2D eigenvalue weighted by Gasteiger charge is -2.16. The molecule has 30 heavy (non-hydrogen) atoms. The Bertz CT molecular complexity index is 1080. The Labute approximate surface area is 176 Å². The van der Waals surface area contributed by atoms with Crippen molar-refractivity contribution in [1.82, 2.24) is 9.97 Å². The van der Waals surface area contributed by atoms with Crippen molar-refractivity contribution in [1.29, 1.82) is 0 Å². The lowest BCUT2D eigenvalue weighted by molar-refractivity contribution is 0.259. The minimum Gasteiger partial charge on any atom is -0.492 e. The minimum absolute atomic E-state index is 0.0146. The molecule has 0 unspecified atom stereocenters. The van der Waals surface area contributed by atoms with E-state index in [4.69, 9.17) is 15.6 Å². The van der Waals surface area contributed by atoms with Crippen molar-refractivity contribution < 1.29 is 13.2 Å². The fraction of sp³-hybridized carbons (Fsp3) is 0.238. The molecule has 0 spiro atoms. The third kappa shape index (κ3) is 5.76. The number of nitrogens with one attached hydrogen (secondary N) is 1. The van der Waals surface area contributed by atoms with Crippen molar-refractivity contribution in [2.75, 3.05) is 11.9 Å². The fourth-order valence-corrected chi connectivity index (χ4v) is 3.06. The van der Waals surface area contributed by atoms with Gasteiger partial charge >= 0.3 is 0 Å². The van der Waals surface area contributed by atoms with Crippen molar-refractivity contribution >= 4 is 21.7 Å². The van der Waals surface area contributed by atoms with Crippen molar-refractivity contribution in [2.45, 2.75) is 24.8 Å². The molecule has 3 aromatic rings. The van der Waals surface area contributed by atoms with Crippen LogP contribution in [0.1, 0.15) is 13.8 Å². The summed E-state index contributed by atoms with van der Waals surface area (Å²) in [6, 6.07) is 15.4. The smallest absolute Gasteiger partial charge is 0.238 e. The Hall–Kier alpha value is -3.01. The summed E-state index contributed by atoms with van der Waals surface area (Å²) in [6.07, 6.45) is 1.65. The Balaban J connectivity index is 1.69. The second-order valence-electron chi connectivity index (χ2n) is 7.20. The zero-order valence-corrected chi connectivity index (χ0v) is 17.6. The Kier molecular flexibility index (Phi) is 6.66. The fourth-order valence-electron chi connectivity index (χ4n) is 2.54. The van der Waals surface area contributed by atoms with E-state index in [0.717, 1.165) is 17.0 Å². The molecule has 5 N–H and O–H groups in total. The predicted molar refractivity (Wildman–Crippen MR) is 117 cm³/mol. The number of ether oxygens (including phenoxy) is 1. The quantitative estimate of drug-likeness (QED) is 0.503. The topological polar surface area (TPSA) is 133 Å². The van der Waals surface area contributed by atoms with Crippen molar-refractivity contribution in [3.8, 4) is 17.0 Å². The first-order chi connectivity index (χ1) is 14.2. The molecular weight excluding hydrogens is 402 g/mol. The average molecular weight is 428 g/mol. The molecule has 9 heteroatoms. The molecule has 2 aromatic carbocycles. The summed E-state index contributed by atoms with van der Waals surface area (Å²) < 4.78 is 28.4. The van der Waals surface area contributed by atoms with Gasteiger partial charge in [-0.05, 0) is 60.5 Å². The number of primary sulfonamides is 1. The zero-order valence-electron chi connectivity index (χ0n) is 16.8. The summed E-state index contributed by atoms with van der Waals surface area (Å²) in [6.45, 7) is 4.58. The third-order valence-electron chi connectivity index (χ3n) is 4.54. The highest BCUT2D eigenvalue weighted by atomic mass is 32.2. The van der Waals surface area contributed by atoms with E-state index in [1.54, 1.807) is 24.4 Å². The summed E-state index contributed by atoms with van der Waals surface area (Å²) in [5.74, 6) is 1.49. The number of nitrogens with two attached hydrogens (primary N) is 2. The monoisotopic (exact) mass is 427 g/mol. The van der Waals surface area contributed by atoms with Gasteiger partial charge in [-0.15, -0.1) is 0 Å². The van der Waals surface area contributed by atoms with E-state index in [-0.39, 0.29) is 10.9 Å². The van der Waals surface area contributed by atoms with E-state index in [2.05, 4.69) is 29.1 Å². The lowest BCUT2D eigenvalue weighted by Crippen LogP contribution is -2.32. The molecule has 1 atom stereocenters. The highest BCUT2D eigenvalue weighted by Gasteiger charge is 2.10. The van der Waals surface area contributed by atoms with Crippen LogP contribution in [0.25, 0.3) is 11.3 Å². The van der Waals surface area contributed by atoms with Gasteiger partial charge in [-0.3, -0.25) is 0 Å². The number of sulfonamides is 1.